The molecular formula is C4H9N3. The molecule has 0 saturated heterocycles. The number of nitrogens with two attached hydrogens (primary N) is 1. The fourth-order valence-electron chi connectivity index (χ4n) is 0.551. The molecule has 0 bridgehead atoms. The maximum absolute atomic E-state index is 5.33. The van der Waals surface area contributed by atoms with Crippen molar-refractivity contribution in [2.45, 2.75) is 0 Å². The molecule has 1 rings (SSSR count). The van der Waals surface area contributed by atoms with Gasteiger partial charge in [0.25, 0.3) is 0 Å². The second-order valence-electron chi connectivity index (χ2n) is 1.71. The van der Waals surface area contributed by atoms with Gasteiger partial charge in [-0.05, 0) is 0 Å². The second kappa shape index (κ2) is 1.42. The molecule has 0 spiro atoms. The predicted molar refractivity (Wildman–Crippen MR) is 27.8 cm³/mol. The highest BCUT2D eigenvalue weighted by atomic mass is 15.5. The Morgan fingerprint density at radius 1 is 1.57 bits per heavy atom. The Labute approximate surface area is 43.0 Å². The summed E-state index contributed by atoms with van der Waals surface area (Å²) in [5.41, 5.74) is 0. The van der Waals surface area contributed by atoms with Gasteiger partial charge in [-0.2, -0.15) is 0 Å². The van der Waals surface area contributed by atoms with Crippen LogP contribution in [0.3, 0.4) is 0 Å². The second-order valence-corrected chi connectivity index (χ2v) is 1.71. The zero-order valence-corrected chi connectivity index (χ0v) is 4.33. The third-order valence-electron chi connectivity index (χ3n) is 0.899. The van der Waals surface area contributed by atoms with Crippen LogP contribution in [0.5, 0.6) is 0 Å². The first-order valence-corrected chi connectivity index (χ1v) is 2.19. The summed E-state index contributed by atoms with van der Waals surface area (Å²) >= 11 is 0. The molecule has 0 aromatic heterocycles. The van der Waals surface area contributed by atoms with Crippen LogP contribution in [0, 0.1) is 0 Å². The molecule has 0 amide bonds. The maximum atomic E-state index is 5.33. The molecule has 7 heavy (non-hydrogen) atoms. The van der Waals surface area contributed by atoms with E-state index >= 15 is 0 Å². The summed E-state index contributed by atoms with van der Waals surface area (Å²) in [5.74, 6) is 5.33. The summed E-state index contributed by atoms with van der Waals surface area (Å²) < 4.78 is 0. The Balaban J connectivity index is 2.42. The summed E-state index contributed by atoms with van der Waals surface area (Å²) in [6.07, 6.45) is 3.76. The van der Waals surface area contributed by atoms with Crippen LogP contribution < -0.4 is 5.84 Å². The summed E-state index contributed by atoms with van der Waals surface area (Å²) in [6, 6.07) is 0. The van der Waals surface area contributed by atoms with E-state index in [0.717, 1.165) is 6.67 Å². The molecule has 0 aromatic rings. The Morgan fingerprint density at radius 3 is 2.43 bits per heavy atom. The third-order valence-corrected chi connectivity index (χ3v) is 0.899. The topological polar surface area (TPSA) is 32.5 Å². The molecule has 1 heterocycles. The average molecular weight is 99.1 g/mol. The number of hydrazine groups is 1. The van der Waals surface area contributed by atoms with Gasteiger partial charge in [0.2, 0.25) is 0 Å². The van der Waals surface area contributed by atoms with Gasteiger partial charge in [0.1, 0.15) is 6.67 Å². The van der Waals surface area contributed by atoms with E-state index in [2.05, 4.69) is 0 Å². The van der Waals surface area contributed by atoms with Gasteiger partial charge in [0.15, 0.2) is 0 Å². The largest absolute Gasteiger partial charge is 0.360 e. The van der Waals surface area contributed by atoms with E-state index in [1.807, 2.05) is 24.3 Å². The van der Waals surface area contributed by atoms with Crippen molar-refractivity contribution in [3.8, 4) is 0 Å². The van der Waals surface area contributed by atoms with E-state index in [0.29, 0.717) is 0 Å². The molecule has 3 nitrogen and oxygen atoms in total. The third kappa shape index (κ3) is 0.838. The van der Waals surface area contributed by atoms with Gasteiger partial charge < -0.3 is 4.90 Å². The highest BCUT2D eigenvalue weighted by molar-refractivity contribution is 4.84. The SMILES string of the molecule is CN1C=CN(N)C1. The van der Waals surface area contributed by atoms with E-state index in [1.54, 1.807) is 5.01 Å². The lowest BCUT2D eigenvalue weighted by molar-refractivity contribution is 0.305. The fourth-order valence-corrected chi connectivity index (χ4v) is 0.551. The van der Waals surface area contributed by atoms with Crippen molar-refractivity contribution in [2.75, 3.05) is 13.7 Å². The van der Waals surface area contributed by atoms with Gasteiger partial charge in [0.05, 0.1) is 0 Å². The first-order valence-electron chi connectivity index (χ1n) is 2.19. The minimum atomic E-state index is 0.806. The van der Waals surface area contributed by atoms with Crippen LogP contribution in [-0.2, 0) is 0 Å². The minimum Gasteiger partial charge on any atom is -0.360 e. The van der Waals surface area contributed by atoms with Crippen molar-refractivity contribution >= 4 is 0 Å². The van der Waals surface area contributed by atoms with Crippen LogP contribution in [0.1, 0.15) is 0 Å². The molecule has 0 aromatic carbocycles. The van der Waals surface area contributed by atoms with E-state index in [1.165, 1.54) is 0 Å². The average Bonchev–Trinajstić information content (AvgIpc) is 1.87. The number of nitrogens with zero attached hydrogens (tertiary/aromatic N) is 2. The maximum Gasteiger partial charge on any atom is 0.104 e. The Hall–Kier alpha value is -0.700. The molecule has 0 saturated carbocycles. The van der Waals surface area contributed by atoms with E-state index in [-0.39, 0.29) is 0 Å². The van der Waals surface area contributed by atoms with E-state index < -0.39 is 0 Å². The standard InChI is InChI=1S/C4H9N3/c1-6-2-3-7(5)4-6/h2-3H,4-5H2,1H3. The van der Waals surface area contributed by atoms with E-state index in [9.17, 15) is 0 Å². The zero-order valence-electron chi connectivity index (χ0n) is 4.33. The van der Waals surface area contributed by atoms with Crippen molar-refractivity contribution in [1.82, 2.24) is 9.91 Å². The highest BCUT2D eigenvalue weighted by Gasteiger charge is 2.00. The molecule has 2 N–H and O–H groups in total. The van der Waals surface area contributed by atoms with Crippen molar-refractivity contribution in [1.29, 1.82) is 0 Å². The van der Waals surface area contributed by atoms with Gasteiger partial charge in [0, 0.05) is 19.4 Å². The Bertz CT molecular complexity index is 78.9. The van der Waals surface area contributed by atoms with Gasteiger partial charge in [-0.15, -0.1) is 0 Å². The van der Waals surface area contributed by atoms with Gasteiger partial charge in [-0.3, -0.25) is 5.01 Å². The number of hydrogen-bond acceptors (Lipinski definition) is 3. The summed E-state index contributed by atoms with van der Waals surface area (Å²) in [5, 5.41) is 1.62. The molecule has 0 atom stereocenters. The lowest BCUT2D eigenvalue weighted by Gasteiger charge is -2.10. The molecule has 0 unspecified atom stereocenters. The Kier molecular flexibility index (Phi) is 0.906. The van der Waals surface area contributed by atoms with Crippen molar-refractivity contribution in [2.24, 2.45) is 5.84 Å². The fraction of sp³-hybridized carbons (Fsp3) is 0.500. The predicted octanol–water partition coefficient (Wildman–Crippen LogP) is -0.464. The zero-order chi connectivity index (χ0) is 5.28. The quantitative estimate of drug-likeness (QED) is 0.417. The normalized spacial score (nSPS) is 19.1. The van der Waals surface area contributed by atoms with Crippen LogP contribution in [0.15, 0.2) is 12.4 Å². The van der Waals surface area contributed by atoms with Gasteiger partial charge in [-0.25, -0.2) is 5.84 Å². The van der Waals surface area contributed by atoms with Crippen LogP contribution in [-0.4, -0.2) is 23.6 Å². The van der Waals surface area contributed by atoms with Crippen molar-refractivity contribution in [3.05, 3.63) is 12.4 Å². The number of rotatable bonds is 0. The monoisotopic (exact) mass is 99.1 g/mol. The van der Waals surface area contributed by atoms with Gasteiger partial charge in [-0.1, -0.05) is 0 Å². The lowest BCUT2D eigenvalue weighted by atomic mass is 10.9. The molecular weight excluding hydrogens is 90.1 g/mol. The highest BCUT2D eigenvalue weighted by Crippen LogP contribution is 1.95. The molecule has 3 heteroatoms. The summed E-state index contributed by atoms with van der Waals surface area (Å²) in [7, 11) is 1.98. The van der Waals surface area contributed by atoms with Crippen LogP contribution in [0.25, 0.3) is 0 Å². The molecule has 1 aliphatic rings. The smallest absolute Gasteiger partial charge is 0.104 e. The van der Waals surface area contributed by atoms with Gasteiger partial charge >= 0.3 is 0 Å². The lowest BCUT2D eigenvalue weighted by Crippen LogP contribution is -2.27. The molecule has 0 radical (unpaired) electrons. The summed E-state index contributed by atoms with van der Waals surface area (Å²) in [6.45, 7) is 0.806. The molecule has 0 aliphatic carbocycles. The molecule has 1 aliphatic heterocycles. The minimum absolute atomic E-state index is 0.806. The Morgan fingerprint density at radius 2 is 2.29 bits per heavy atom. The van der Waals surface area contributed by atoms with Crippen molar-refractivity contribution < 1.29 is 0 Å². The first-order chi connectivity index (χ1) is 3.29. The van der Waals surface area contributed by atoms with Crippen molar-refractivity contribution in [3.63, 3.8) is 0 Å². The van der Waals surface area contributed by atoms with Crippen LogP contribution >= 0.6 is 0 Å². The first kappa shape index (κ1) is 4.46. The van der Waals surface area contributed by atoms with E-state index in [4.69, 9.17) is 5.84 Å². The summed E-state index contributed by atoms with van der Waals surface area (Å²) in [4.78, 5) is 2.00. The molecule has 0 fully saturated rings. The van der Waals surface area contributed by atoms with Crippen LogP contribution in [0.4, 0.5) is 0 Å². The number of hydrogen-bond donors (Lipinski definition) is 1. The molecule has 40 valence electrons. The van der Waals surface area contributed by atoms with Crippen LogP contribution in [0.2, 0.25) is 0 Å².